The molecule has 7 N–H and O–H groups in total. The van der Waals surface area contributed by atoms with Gasteiger partial charge in [0.1, 0.15) is 30.7 Å². The number of nitrogens with two attached hydrogens (primary N) is 1. The number of aliphatic hydroxyl groups excluding tert-OH is 3. The molecule has 0 spiro atoms. The van der Waals surface area contributed by atoms with Crippen molar-refractivity contribution in [3.63, 3.8) is 0 Å². The molecular weight excluding hydrogens is 900 g/mol. The van der Waals surface area contributed by atoms with Crippen LogP contribution in [0.25, 0.3) is 0 Å². The van der Waals surface area contributed by atoms with E-state index in [1.807, 2.05) is 30.4 Å². The number of ether oxygens (including phenoxy) is 3. The monoisotopic (exact) mass is 975 g/mol. The van der Waals surface area contributed by atoms with E-state index in [1.54, 1.807) is 12.2 Å². The molecule has 1 aliphatic heterocycles. The fourth-order valence-corrected chi connectivity index (χ4v) is 8.59. The summed E-state index contributed by atoms with van der Waals surface area (Å²) in [5.41, 5.74) is 4.56. The lowest BCUT2D eigenvalue weighted by Gasteiger charge is -2.21. The van der Waals surface area contributed by atoms with Crippen molar-refractivity contribution in [2.24, 2.45) is 5.92 Å². The molecule has 1 aromatic heterocycles. The number of carbonyl (C=O) groups excluding carboxylic acids is 2. The van der Waals surface area contributed by atoms with Gasteiger partial charge in [-0.25, -0.2) is 13.9 Å². The predicted octanol–water partition coefficient (Wildman–Crippen LogP) is 7.43. The summed E-state index contributed by atoms with van der Waals surface area (Å²) in [6.07, 6.45) is 22.7. The number of rotatable bonds is 36. The summed E-state index contributed by atoms with van der Waals surface area (Å²) in [7, 11) is -10.9. The molecule has 376 valence electrons. The van der Waals surface area contributed by atoms with E-state index in [0.717, 1.165) is 55.7 Å². The highest BCUT2D eigenvalue weighted by atomic mass is 31.3. The van der Waals surface area contributed by atoms with Crippen LogP contribution in [0.15, 0.2) is 65.7 Å². The largest absolute Gasteiger partial charge is 0.481 e. The van der Waals surface area contributed by atoms with Gasteiger partial charge < -0.3 is 45.1 Å². The maximum Gasteiger partial charge on any atom is 0.481 e. The van der Waals surface area contributed by atoms with Crippen molar-refractivity contribution in [3.8, 4) is 0 Å². The van der Waals surface area contributed by atoms with Gasteiger partial charge in [0, 0.05) is 19.0 Å². The SMILES string of the molecule is CCCCC/C=C\C[C@H](O)/C=C/C=C\C/C=C\CCCC(=O)O[C@H](COC(=O)CCCCCCCCC(C)CC)COP(=O)(O)OP(=O)(O)OC[C@H]1O[C@@H](n2ccc(N)nc2=O)[C@H](O)[C@@H]1O. The van der Waals surface area contributed by atoms with Crippen LogP contribution in [-0.2, 0) is 46.3 Å². The van der Waals surface area contributed by atoms with Crippen LogP contribution in [0.3, 0.4) is 0 Å². The molecule has 1 aromatic rings. The van der Waals surface area contributed by atoms with Crippen molar-refractivity contribution in [2.75, 3.05) is 25.6 Å². The Morgan fingerprint density at radius 2 is 1.55 bits per heavy atom. The molecule has 1 saturated heterocycles. The van der Waals surface area contributed by atoms with Gasteiger partial charge in [0.15, 0.2) is 12.3 Å². The number of hydrogen-bond acceptors (Lipinski definition) is 16. The molecule has 2 heterocycles. The summed E-state index contributed by atoms with van der Waals surface area (Å²) in [5.74, 6) is -0.703. The number of aromatic nitrogens is 2. The van der Waals surface area contributed by atoms with Gasteiger partial charge in [-0.3, -0.25) is 23.2 Å². The Morgan fingerprint density at radius 3 is 2.27 bits per heavy atom. The first-order chi connectivity index (χ1) is 31.5. The third kappa shape index (κ3) is 26.3. The molecule has 2 rings (SSSR count). The summed E-state index contributed by atoms with van der Waals surface area (Å²) in [5, 5.41) is 30.9. The number of phosphoric ester groups is 2. The first-order valence-corrected chi connectivity index (χ1v) is 26.1. The van der Waals surface area contributed by atoms with Gasteiger partial charge in [-0.2, -0.15) is 9.29 Å². The summed E-state index contributed by atoms with van der Waals surface area (Å²) in [6.45, 7) is 4.19. The highest BCUT2D eigenvalue weighted by molar-refractivity contribution is 7.61. The van der Waals surface area contributed by atoms with Crippen LogP contribution in [0.1, 0.15) is 143 Å². The number of allylic oxidation sites excluding steroid dienone is 6. The van der Waals surface area contributed by atoms with Gasteiger partial charge >= 0.3 is 33.3 Å². The Hall–Kier alpha value is -3.32. The first-order valence-electron chi connectivity index (χ1n) is 23.2. The smallest absolute Gasteiger partial charge is 0.462 e. The van der Waals surface area contributed by atoms with E-state index in [-0.39, 0.29) is 18.7 Å². The van der Waals surface area contributed by atoms with E-state index >= 15 is 0 Å². The first kappa shape index (κ1) is 58.8. The highest BCUT2D eigenvalue weighted by Gasteiger charge is 2.46. The number of aliphatic hydroxyl groups is 3. The Kier molecular flexibility index (Phi) is 29.6. The molecule has 0 amide bonds. The molecule has 3 unspecified atom stereocenters. The molecule has 1 aliphatic rings. The van der Waals surface area contributed by atoms with Crippen molar-refractivity contribution in [1.29, 1.82) is 0 Å². The lowest BCUT2D eigenvalue weighted by Crippen LogP contribution is -2.36. The molecule has 0 saturated carbocycles. The minimum atomic E-state index is -5.44. The zero-order valence-electron chi connectivity index (χ0n) is 38.8. The van der Waals surface area contributed by atoms with E-state index in [1.165, 1.54) is 31.7 Å². The van der Waals surface area contributed by atoms with E-state index in [4.69, 9.17) is 29.0 Å². The van der Waals surface area contributed by atoms with E-state index in [9.17, 15) is 48.6 Å². The van der Waals surface area contributed by atoms with Crippen molar-refractivity contribution in [1.82, 2.24) is 9.55 Å². The van der Waals surface area contributed by atoms with Gasteiger partial charge in [0.25, 0.3) is 0 Å². The average Bonchev–Trinajstić information content (AvgIpc) is 3.54. The number of nitrogen functional groups attached to an aromatic ring is 1. The van der Waals surface area contributed by atoms with Crippen LogP contribution >= 0.6 is 15.6 Å². The number of hydrogen-bond donors (Lipinski definition) is 6. The fraction of sp³-hybridized carbons (Fsp3) is 0.689. The Morgan fingerprint density at radius 1 is 0.864 bits per heavy atom. The molecule has 0 radical (unpaired) electrons. The molecule has 9 atom stereocenters. The maximum absolute atomic E-state index is 12.8. The van der Waals surface area contributed by atoms with Gasteiger partial charge in [-0.05, 0) is 56.9 Å². The van der Waals surface area contributed by atoms with Crippen LogP contribution in [0.4, 0.5) is 5.82 Å². The highest BCUT2D eigenvalue weighted by Crippen LogP contribution is 2.60. The van der Waals surface area contributed by atoms with E-state index in [0.29, 0.717) is 38.0 Å². The quantitative estimate of drug-likeness (QED) is 0.0125. The Labute approximate surface area is 389 Å². The van der Waals surface area contributed by atoms with Crippen LogP contribution in [0.5, 0.6) is 0 Å². The molecule has 21 heteroatoms. The second kappa shape index (κ2) is 33.2. The predicted molar refractivity (Wildman–Crippen MR) is 248 cm³/mol. The molecule has 1 fully saturated rings. The lowest BCUT2D eigenvalue weighted by atomic mass is 10.00. The molecule has 0 aliphatic carbocycles. The number of esters is 2. The second-order valence-electron chi connectivity index (χ2n) is 16.3. The number of anilines is 1. The zero-order valence-corrected chi connectivity index (χ0v) is 40.5. The topological polar surface area (TPSA) is 286 Å². The van der Waals surface area contributed by atoms with Gasteiger partial charge in [0.05, 0.1) is 19.3 Å². The van der Waals surface area contributed by atoms with Crippen LogP contribution in [-0.4, -0.2) is 96.9 Å². The van der Waals surface area contributed by atoms with Crippen molar-refractivity contribution >= 4 is 33.4 Å². The molecule has 19 nitrogen and oxygen atoms in total. The molecule has 66 heavy (non-hydrogen) atoms. The Bertz CT molecular complexity index is 1820. The number of phosphoric acid groups is 2. The number of carbonyl (C=O) groups is 2. The van der Waals surface area contributed by atoms with Crippen LogP contribution in [0.2, 0.25) is 0 Å². The standard InChI is InChI=1S/C45H75N3O16P2/c1-4-6-7-8-16-21-26-36(49)27-22-17-11-9-10-12-19-24-29-41(51)62-37(32-59-40(50)28-23-18-14-13-15-20-25-35(3)5-2)33-60-65(55,56)64-66(57,58)61-34-38-42(52)43(53)44(63-38)48-31-30-39(46)47-45(48)54/h10-12,16-17,21-22,27,30-31,35-38,42-44,49,52-53H,4-9,13-15,18-20,23-26,28-29,32-34H2,1-3H3,(H,55,56)(H,57,58)(H2,46,47,54)/b12-10-,17-11-,21-16-,27-22+/t35?,36-,37+,38+,42+,43+,44+/m0/s1. The summed E-state index contributed by atoms with van der Waals surface area (Å²) in [6, 6.07) is 1.24. The summed E-state index contributed by atoms with van der Waals surface area (Å²) in [4.78, 5) is 61.6. The van der Waals surface area contributed by atoms with Crippen molar-refractivity contribution < 1.29 is 71.4 Å². The number of unbranched alkanes of at least 4 members (excludes halogenated alkanes) is 9. The van der Waals surface area contributed by atoms with Crippen molar-refractivity contribution in [2.45, 2.75) is 173 Å². The molecule has 0 bridgehead atoms. The van der Waals surface area contributed by atoms with Crippen LogP contribution < -0.4 is 11.4 Å². The zero-order chi connectivity index (χ0) is 48.8. The molecule has 0 aromatic carbocycles. The van der Waals surface area contributed by atoms with Crippen molar-refractivity contribution in [3.05, 3.63) is 71.4 Å². The summed E-state index contributed by atoms with van der Waals surface area (Å²) < 4.78 is 56.4. The van der Waals surface area contributed by atoms with Gasteiger partial charge in [-0.1, -0.05) is 127 Å². The number of nitrogens with zero attached hydrogens (tertiary/aromatic N) is 2. The fourth-order valence-electron chi connectivity index (χ4n) is 6.48. The minimum Gasteiger partial charge on any atom is -0.462 e. The lowest BCUT2D eigenvalue weighted by molar-refractivity contribution is -0.161. The van der Waals surface area contributed by atoms with Gasteiger partial charge in [0.2, 0.25) is 0 Å². The van der Waals surface area contributed by atoms with E-state index in [2.05, 4.69) is 36.1 Å². The van der Waals surface area contributed by atoms with Crippen LogP contribution in [0, 0.1) is 5.92 Å². The van der Waals surface area contributed by atoms with E-state index < -0.39 is 89.8 Å². The minimum absolute atomic E-state index is 0.0588. The normalized spacial score (nSPS) is 21.1. The summed E-state index contributed by atoms with van der Waals surface area (Å²) >= 11 is 0. The second-order valence-corrected chi connectivity index (χ2v) is 19.4. The average molecular weight is 976 g/mol. The Balaban J connectivity index is 1.88. The maximum atomic E-state index is 12.8. The van der Waals surface area contributed by atoms with Gasteiger partial charge in [-0.15, -0.1) is 0 Å². The third-order valence-corrected chi connectivity index (χ3v) is 13.1. The third-order valence-electron chi connectivity index (χ3n) is 10.5. The molecular formula is C45H75N3O16P2.